The standard InChI is InChI=1S/C25H23N3O4S/c1-17(20-9-12-22(26-16-20)19-5-3-2-4-6-19)28-32-14-13-31-21-10-7-18(8-11-21)15-23-24(29)27-25(30)33-23/h2-12,16,23H,13-15H2,1H3,(H,27,29,30)/b28-17+. The molecule has 1 saturated heterocycles. The Hall–Kier alpha value is -3.65. The molecule has 3 aromatic rings. The molecule has 7 nitrogen and oxygen atoms in total. The van der Waals surface area contributed by atoms with Crippen LogP contribution in [0.3, 0.4) is 0 Å². The van der Waals surface area contributed by atoms with Crippen LogP contribution in [-0.2, 0) is 16.1 Å². The highest BCUT2D eigenvalue weighted by molar-refractivity contribution is 8.15. The van der Waals surface area contributed by atoms with Crippen molar-refractivity contribution in [3.8, 4) is 17.0 Å². The normalized spacial score (nSPS) is 15.9. The number of hydrogen-bond acceptors (Lipinski definition) is 7. The minimum absolute atomic E-state index is 0.235. The van der Waals surface area contributed by atoms with Gasteiger partial charge in [-0.15, -0.1) is 0 Å². The lowest BCUT2D eigenvalue weighted by Gasteiger charge is -2.08. The first-order valence-corrected chi connectivity index (χ1v) is 11.4. The first-order chi connectivity index (χ1) is 16.1. The number of aromatic nitrogens is 1. The van der Waals surface area contributed by atoms with Crippen LogP contribution in [0, 0.1) is 0 Å². The molecule has 1 aliphatic rings. The van der Waals surface area contributed by atoms with Crippen molar-refractivity contribution >= 4 is 28.6 Å². The van der Waals surface area contributed by atoms with Crippen LogP contribution in [-0.4, -0.2) is 40.3 Å². The first-order valence-electron chi connectivity index (χ1n) is 10.5. The van der Waals surface area contributed by atoms with Gasteiger partial charge < -0.3 is 9.57 Å². The highest BCUT2D eigenvalue weighted by atomic mass is 32.2. The molecule has 8 heteroatoms. The Labute approximate surface area is 196 Å². The van der Waals surface area contributed by atoms with Crippen molar-refractivity contribution in [3.05, 3.63) is 84.1 Å². The third-order valence-corrected chi connectivity index (χ3v) is 5.99. The lowest BCUT2D eigenvalue weighted by molar-refractivity contribution is -0.118. The summed E-state index contributed by atoms with van der Waals surface area (Å²) in [6, 6.07) is 21.4. The zero-order chi connectivity index (χ0) is 23.0. The number of nitrogens with zero attached hydrogens (tertiary/aromatic N) is 2. The molecule has 0 aliphatic carbocycles. The second kappa shape index (κ2) is 10.8. The molecule has 0 radical (unpaired) electrons. The molecule has 1 aliphatic heterocycles. The molecule has 33 heavy (non-hydrogen) atoms. The second-order valence-corrected chi connectivity index (χ2v) is 8.56. The van der Waals surface area contributed by atoms with E-state index in [0.29, 0.717) is 25.4 Å². The van der Waals surface area contributed by atoms with E-state index in [1.165, 1.54) is 0 Å². The minimum atomic E-state index is -0.372. The van der Waals surface area contributed by atoms with E-state index in [1.807, 2.05) is 73.7 Å². The Balaban J connectivity index is 1.20. The van der Waals surface area contributed by atoms with E-state index in [9.17, 15) is 9.59 Å². The second-order valence-electron chi connectivity index (χ2n) is 7.39. The van der Waals surface area contributed by atoms with E-state index in [4.69, 9.17) is 9.57 Å². The molecule has 0 saturated carbocycles. The predicted octanol–water partition coefficient (Wildman–Crippen LogP) is 4.46. The predicted molar refractivity (Wildman–Crippen MR) is 128 cm³/mol. The van der Waals surface area contributed by atoms with Gasteiger partial charge in [-0.1, -0.05) is 59.4 Å². The number of benzene rings is 2. The summed E-state index contributed by atoms with van der Waals surface area (Å²) in [5, 5.41) is 5.78. The number of nitrogens with one attached hydrogen (secondary N) is 1. The van der Waals surface area contributed by atoms with Gasteiger partial charge in [-0.3, -0.25) is 19.9 Å². The van der Waals surface area contributed by atoms with Gasteiger partial charge in [0.05, 0.1) is 16.7 Å². The Morgan fingerprint density at radius 1 is 1.03 bits per heavy atom. The summed E-state index contributed by atoms with van der Waals surface area (Å²) < 4.78 is 5.68. The number of thioether (sulfide) groups is 1. The fraction of sp³-hybridized carbons (Fsp3) is 0.200. The Kier molecular flexibility index (Phi) is 7.36. The van der Waals surface area contributed by atoms with Gasteiger partial charge >= 0.3 is 0 Å². The number of pyridine rings is 1. The third kappa shape index (κ3) is 6.20. The molecule has 0 spiro atoms. The molecule has 2 heterocycles. The van der Waals surface area contributed by atoms with E-state index >= 15 is 0 Å². The van der Waals surface area contributed by atoms with E-state index in [-0.39, 0.29) is 16.4 Å². The maximum atomic E-state index is 11.7. The van der Waals surface area contributed by atoms with E-state index in [2.05, 4.69) is 15.5 Å². The molecule has 1 N–H and O–H groups in total. The number of rotatable bonds is 9. The number of hydrogen-bond donors (Lipinski definition) is 1. The molecule has 1 unspecified atom stereocenters. The highest BCUT2D eigenvalue weighted by Crippen LogP contribution is 2.24. The lowest BCUT2D eigenvalue weighted by Crippen LogP contribution is -2.25. The van der Waals surface area contributed by atoms with Crippen molar-refractivity contribution < 1.29 is 19.2 Å². The zero-order valence-electron chi connectivity index (χ0n) is 18.1. The van der Waals surface area contributed by atoms with Crippen molar-refractivity contribution in [1.82, 2.24) is 10.3 Å². The van der Waals surface area contributed by atoms with Gasteiger partial charge in [0, 0.05) is 17.3 Å². The minimum Gasteiger partial charge on any atom is -0.490 e. The van der Waals surface area contributed by atoms with Crippen molar-refractivity contribution in [3.63, 3.8) is 0 Å². The maximum absolute atomic E-state index is 11.7. The van der Waals surface area contributed by atoms with Crippen LogP contribution in [0.4, 0.5) is 4.79 Å². The number of carbonyl (C=O) groups excluding carboxylic acids is 2. The Bertz CT molecular complexity index is 1130. The summed E-state index contributed by atoms with van der Waals surface area (Å²) >= 11 is 1.03. The largest absolute Gasteiger partial charge is 0.490 e. The van der Waals surface area contributed by atoms with Crippen LogP contribution < -0.4 is 10.1 Å². The van der Waals surface area contributed by atoms with Gasteiger partial charge in [-0.25, -0.2) is 0 Å². The lowest BCUT2D eigenvalue weighted by atomic mass is 10.1. The number of ether oxygens (including phenoxy) is 1. The van der Waals surface area contributed by atoms with Gasteiger partial charge in [0.15, 0.2) is 6.61 Å². The number of oxime groups is 1. The summed E-state index contributed by atoms with van der Waals surface area (Å²) in [4.78, 5) is 32.8. The summed E-state index contributed by atoms with van der Waals surface area (Å²) in [7, 11) is 0. The van der Waals surface area contributed by atoms with Crippen molar-refractivity contribution in [2.75, 3.05) is 13.2 Å². The molecule has 2 aromatic carbocycles. The monoisotopic (exact) mass is 461 g/mol. The quantitative estimate of drug-likeness (QED) is 0.287. The van der Waals surface area contributed by atoms with Crippen molar-refractivity contribution in [1.29, 1.82) is 0 Å². The van der Waals surface area contributed by atoms with Crippen molar-refractivity contribution in [2.45, 2.75) is 18.6 Å². The van der Waals surface area contributed by atoms with E-state index in [1.54, 1.807) is 6.20 Å². The molecular formula is C25H23N3O4S. The van der Waals surface area contributed by atoms with Crippen LogP contribution in [0.25, 0.3) is 11.3 Å². The molecular weight excluding hydrogens is 438 g/mol. The van der Waals surface area contributed by atoms with Crippen LogP contribution in [0.2, 0.25) is 0 Å². The molecule has 1 aromatic heterocycles. The zero-order valence-corrected chi connectivity index (χ0v) is 18.9. The van der Waals surface area contributed by atoms with Crippen LogP contribution >= 0.6 is 11.8 Å². The molecule has 2 amide bonds. The summed E-state index contributed by atoms with van der Waals surface area (Å²) in [5.74, 6) is 0.463. The van der Waals surface area contributed by atoms with Gasteiger partial charge in [0.2, 0.25) is 5.91 Å². The molecule has 1 fully saturated rings. The topological polar surface area (TPSA) is 89.9 Å². The fourth-order valence-electron chi connectivity index (χ4n) is 3.24. The van der Waals surface area contributed by atoms with Gasteiger partial charge in [0.25, 0.3) is 5.24 Å². The van der Waals surface area contributed by atoms with Gasteiger partial charge in [-0.05, 0) is 43.2 Å². The number of amides is 2. The summed E-state index contributed by atoms with van der Waals surface area (Å²) in [5.41, 5.74) is 4.57. The maximum Gasteiger partial charge on any atom is 0.286 e. The fourth-order valence-corrected chi connectivity index (χ4v) is 4.10. The van der Waals surface area contributed by atoms with Gasteiger partial charge in [-0.2, -0.15) is 0 Å². The van der Waals surface area contributed by atoms with Crippen molar-refractivity contribution in [2.24, 2.45) is 5.16 Å². The smallest absolute Gasteiger partial charge is 0.286 e. The molecule has 4 rings (SSSR count). The first kappa shape index (κ1) is 22.5. The van der Waals surface area contributed by atoms with E-state index in [0.717, 1.165) is 39.9 Å². The number of carbonyl (C=O) groups is 2. The number of imide groups is 1. The Morgan fingerprint density at radius 3 is 2.48 bits per heavy atom. The molecule has 1 atom stereocenters. The average molecular weight is 462 g/mol. The third-order valence-electron chi connectivity index (χ3n) is 5.01. The van der Waals surface area contributed by atoms with Crippen LogP contribution in [0.15, 0.2) is 78.1 Å². The highest BCUT2D eigenvalue weighted by Gasteiger charge is 2.31. The van der Waals surface area contributed by atoms with E-state index < -0.39 is 0 Å². The summed E-state index contributed by atoms with van der Waals surface area (Å²) in [6.07, 6.45) is 2.28. The SMILES string of the molecule is C/C(=N\OCCOc1ccc(CC2SC(=O)NC2=O)cc1)c1ccc(-c2ccccc2)nc1. The Morgan fingerprint density at radius 2 is 1.82 bits per heavy atom. The average Bonchev–Trinajstić information content (AvgIpc) is 3.16. The molecule has 168 valence electrons. The summed E-state index contributed by atoms with van der Waals surface area (Å²) in [6.45, 7) is 2.52. The van der Waals surface area contributed by atoms with Gasteiger partial charge in [0.1, 0.15) is 12.4 Å². The van der Waals surface area contributed by atoms with Crippen LogP contribution in [0.1, 0.15) is 18.1 Å². The molecule has 0 bridgehead atoms. The van der Waals surface area contributed by atoms with Crippen LogP contribution in [0.5, 0.6) is 5.75 Å².